The first-order chi connectivity index (χ1) is 7.74. The Hall–Kier alpha value is -1.57. The Bertz CT molecular complexity index is 449. The van der Waals surface area contributed by atoms with Crippen LogP contribution >= 0.6 is 11.6 Å². The number of carbonyl (C=O) groups is 1. The molecule has 0 spiro atoms. The van der Waals surface area contributed by atoms with Crippen LogP contribution in [0.4, 0.5) is 17.6 Å². The number of ether oxygens (including phenoxy) is 1. The molecular formula is C8H4ClF4NO3. The van der Waals surface area contributed by atoms with Crippen molar-refractivity contribution in [2.45, 2.75) is 12.2 Å². The van der Waals surface area contributed by atoms with Gasteiger partial charge in [-0.15, -0.1) is 24.8 Å². The lowest BCUT2D eigenvalue weighted by Gasteiger charge is -2.11. The molecule has 9 heteroatoms. The van der Waals surface area contributed by atoms with Crippen LogP contribution in [-0.2, 0) is 5.88 Å². The molecule has 94 valence electrons. The molecule has 0 radical (unpaired) electrons. The van der Waals surface area contributed by atoms with E-state index in [4.69, 9.17) is 16.7 Å². The second-order valence-corrected chi connectivity index (χ2v) is 3.04. The molecule has 0 unspecified atom stereocenters. The third kappa shape index (κ3) is 3.45. The lowest BCUT2D eigenvalue weighted by atomic mass is 10.2. The van der Waals surface area contributed by atoms with Crippen LogP contribution in [0.5, 0.6) is 5.75 Å². The number of hydrogen-bond acceptors (Lipinski definition) is 3. The molecule has 1 heterocycles. The van der Waals surface area contributed by atoms with Gasteiger partial charge in [-0.25, -0.2) is 9.78 Å². The number of carboxylic acids is 1. The highest BCUT2D eigenvalue weighted by Gasteiger charge is 2.34. The molecule has 1 rings (SSSR count). The summed E-state index contributed by atoms with van der Waals surface area (Å²) in [6.45, 7) is 0. The third-order valence-electron chi connectivity index (χ3n) is 1.59. The zero-order chi connectivity index (χ0) is 13.2. The predicted molar refractivity (Wildman–Crippen MR) is 47.4 cm³/mol. The lowest BCUT2D eigenvalue weighted by Crippen LogP contribution is -2.20. The summed E-state index contributed by atoms with van der Waals surface area (Å²) in [5.74, 6) is -4.68. The molecule has 0 atom stereocenters. The summed E-state index contributed by atoms with van der Waals surface area (Å²) < 4.78 is 52.3. The summed E-state index contributed by atoms with van der Waals surface area (Å²) in [5, 5.41) is 8.54. The van der Waals surface area contributed by atoms with Gasteiger partial charge in [0.15, 0.2) is 11.4 Å². The van der Waals surface area contributed by atoms with E-state index in [1.54, 1.807) is 0 Å². The fraction of sp³-hybridized carbons (Fsp3) is 0.250. The SMILES string of the molecule is O=C(O)c1nc(F)c(CCl)cc1OC(F)(F)F. The molecule has 1 aromatic rings. The van der Waals surface area contributed by atoms with Gasteiger partial charge >= 0.3 is 12.3 Å². The van der Waals surface area contributed by atoms with E-state index in [9.17, 15) is 22.4 Å². The van der Waals surface area contributed by atoms with E-state index in [1.165, 1.54) is 0 Å². The molecule has 0 amide bonds. The van der Waals surface area contributed by atoms with Crippen LogP contribution < -0.4 is 4.74 Å². The number of aromatic nitrogens is 1. The summed E-state index contributed by atoms with van der Waals surface area (Å²) in [5.41, 5.74) is -1.57. The minimum atomic E-state index is -5.10. The second-order valence-electron chi connectivity index (χ2n) is 2.77. The molecule has 1 aromatic heterocycles. The largest absolute Gasteiger partial charge is 0.573 e. The fourth-order valence-electron chi connectivity index (χ4n) is 0.961. The Kier molecular flexibility index (Phi) is 3.76. The number of halogens is 5. The Morgan fingerprint density at radius 3 is 2.53 bits per heavy atom. The van der Waals surface area contributed by atoms with Gasteiger partial charge in [-0.1, -0.05) is 0 Å². The summed E-state index contributed by atoms with van der Waals surface area (Å²) in [7, 11) is 0. The van der Waals surface area contributed by atoms with Gasteiger partial charge in [0.05, 0.1) is 5.88 Å². The lowest BCUT2D eigenvalue weighted by molar-refractivity contribution is -0.274. The molecule has 0 aliphatic heterocycles. The predicted octanol–water partition coefficient (Wildman–Crippen LogP) is 2.56. The zero-order valence-electron chi connectivity index (χ0n) is 7.89. The molecule has 1 N–H and O–H groups in total. The molecule has 0 aliphatic carbocycles. The molecule has 0 fully saturated rings. The van der Waals surface area contributed by atoms with Crippen LogP contribution in [-0.4, -0.2) is 22.4 Å². The highest BCUT2D eigenvalue weighted by Crippen LogP contribution is 2.27. The maximum Gasteiger partial charge on any atom is 0.573 e. The third-order valence-corrected chi connectivity index (χ3v) is 1.87. The molecule has 0 aromatic carbocycles. The average molecular weight is 274 g/mol. The first-order valence-corrected chi connectivity index (χ1v) is 4.52. The molecule has 0 aliphatic rings. The Morgan fingerprint density at radius 2 is 2.12 bits per heavy atom. The molecule has 0 bridgehead atoms. The highest BCUT2D eigenvalue weighted by atomic mass is 35.5. The van der Waals surface area contributed by atoms with Gasteiger partial charge in [0.1, 0.15) is 0 Å². The Labute approximate surface area is 96.8 Å². The standard InChI is InChI=1S/C8H4ClF4NO3/c9-2-3-1-4(17-8(11,12)13)5(7(15)16)14-6(3)10/h1H,2H2,(H,15,16). The number of alkyl halides is 4. The summed E-state index contributed by atoms with van der Waals surface area (Å²) in [6, 6.07) is 0.548. The van der Waals surface area contributed by atoms with Crippen molar-refractivity contribution in [1.29, 1.82) is 0 Å². The first kappa shape index (κ1) is 13.5. The van der Waals surface area contributed by atoms with Crippen LogP contribution in [0.15, 0.2) is 6.07 Å². The van der Waals surface area contributed by atoms with Crippen molar-refractivity contribution in [1.82, 2.24) is 4.98 Å². The second kappa shape index (κ2) is 4.74. The minimum absolute atomic E-state index is 0.393. The van der Waals surface area contributed by atoms with Crippen molar-refractivity contribution in [3.8, 4) is 5.75 Å². The van der Waals surface area contributed by atoms with Gasteiger partial charge < -0.3 is 9.84 Å². The van der Waals surface area contributed by atoms with Crippen LogP contribution in [0.1, 0.15) is 16.1 Å². The van der Waals surface area contributed by atoms with E-state index in [0.29, 0.717) is 6.07 Å². The van der Waals surface area contributed by atoms with Crippen LogP contribution in [0.3, 0.4) is 0 Å². The van der Waals surface area contributed by atoms with Gasteiger partial charge in [-0.3, -0.25) is 0 Å². The van der Waals surface area contributed by atoms with Crippen molar-refractivity contribution >= 4 is 17.6 Å². The van der Waals surface area contributed by atoms with Crippen molar-refractivity contribution in [2.75, 3.05) is 0 Å². The van der Waals surface area contributed by atoms with Crippen molar-refractivity contribution in [3.05, 3.63) is 23.3 Å². The average Bonchev–Trinajstić information content (AvgIpc) is 2.17. The zero-order valence-corrected chi connectivity index (χ0v) is 8.64. The number of aromatic carboxylic acids is 1. The van der Waals surface area contributed by atoms with E-state index >= 15 is 0 Å². The number of carboxylic acid groups (broad SMARTS) is 1. The molecule has 4 nitrogen and oxygen atoms in total. The Balaban J connectivity index is 3.29. The van der Waals surface area contributed by atoms with Crippen molar-refractivity contribution < 1.29 is 32.2 Å². The number of rotatable bonds is 3. The van der Waals surface area contributed by atoms with Crippen LogP contribution in [0.25, 0.3) is 0 Å². The molecule has 0 saturated carbocycles. The van der Waals surface area contributed by atoms with E-state index < -0.39 is 41.2 Å². The van der Waals surface area contributed by atoms with E-state index in [-0.39, 0.29) is 0 Å². The molecular weight excluding hydrogens is 270 g/mol. The van der Waals surface area contributed by atoms with Crippen LogP contribution in [0, 0.1) is 5.95 Å². The minimum Gasteiger partial charge on any atom is -0.476 e. The van der Waals surface area contributed by atoms with Gasteiger partial charge in [-0.05, 0) is 6.07 Å². The number of nitrogens with zero attached hydrogens (tertiary/aromatic N) is 1. The van der Waals surface area contributed by atoms with E-state index in [2.05, 4.69) is 9.72 Å². The maximum absolute atomic E-state index is 13.0. The van der Waals surface area contributed by atoms with Gasteiger partial charge in [-0.2, -0.15) is 4.39 Å². The first-order valence-electron chi connectivity index (χ1n) is 3.99. The summed E-state index contributed by atoms with van der Waals surface area (Å²) >= 11 is 5.24. The fourth-order valence-corrected chi connectivity index (χ4v) is 1.15. The quantitative estimate of drug-likeness (QED) is 0.522. The van der Waals surface area contributed by atoms with E-state index in [0.717, 1.165) is 0 Å². The molecule has 17 heavy (non-hydrogen) atoms. The Morgan fingerprint density at radius 1 is 1.53 bits per heavy atom. The molecule has 0 saturated heterocycles. The maximum atomic E-state index is 13.0. The topological polar surface area (TPSA) is 59.4 Å². The highest BCUT2D eigenvalue weighted by molar-refractivity contribution is 6.17. The van der Waals surface area contributed by atoms with Crippen molar-refractivity contribution in [2.24, 2.45) is 0 Å². The van der Waals surface area contributed by atoms with Crippen LogP contribution in [0.2, 0.25) is 0 Å². The summed E-state index contributed by atoms with van der Waals surface area (Å²) in [6.07, 6.45) is -5.10. The van der Waals surface area contributed by atoms with Gasteiger partial charge in [0.2, 0.25) is 5.95 Å². The summed E-state index contributed by atoms with van der Waals surface area (Å²) in [4.78, 5) is 13.4. The number of pyridine rings is 1. The van der Waals surface area contributed by atoms with Gasteiger partial charge in [0.25, 0.3) is 0 Å². The number of hydrogen-bond donors (Lipinski definition) is 1. The van der Waals surface area contributed by atoms with Gasteiger partial charge in [0, 0.05) is 5.56 Å². The smallest absolute Gasteiger partial charge is 0.476 e. The van der Waals surface area contributed by atoms with Crippen molar-refractivity contribution in [3.63, 3.8) is 0 Å². The monoisotopic (exact) mass is 273 g/mol. The normalized spacial score (nSPS) is 11.4. The van der Waals surface area contributed by atoms with E-state index in [1.807, 2.05) is 0 Å².